The lowest BCUT2D eigenvalue weighted by molar-refractivity contribution is -0.170. The van der Waals surface area contributed by atoms with Crippen LogP contribution in [0.15, 0.2) is 83.8 Å². The van der Waals surface area contributed by atoms with Crippen LogP contribution in [0.2, 0.25) is 10.0 Å². The Labute approximate surface area is 346 Å². The van der Waals surface area contributed by atoms with Gasteiger partial charge in [-0.15, -0.1) is 0 Å². The third-order valence-electron chi connectivity index (χ3n) is 9.73. The molecule has 0 spiro atoms. The molecule has 4 aromatic carbocycles. The number of hydrogen-bond donors (Lipinski definition) is 4. The molecule has 4 N–H and O–H groups in total. The zero-order valence-corrected chi connectivity index (χ0v) is 33.4. The molecule has 0 aliphatic carbocycles. The predicted molar refractivity (Wildman–Crippen MR) is 213 cm³/mol. The molecule has 17 heteroatoms. The van der Waals surface area contributed by atoms with E-state index in [1.165, 1.54) is 0 Å². The van der Waals surface area contributed by atoms with Crippen LogP contribution < -0.4 is 0 Å². The van der Waals surface area contributed by atoms with E-state index < -0.39 is 41.9 Å². The summed E-state index contributed by atoms with van der Waals surface area (Å²) in [6.07, 6.45) is -0.00978. The minimum atomic E-state index is -4.32. The number of alkyl halides is 3. The number of benzene rings is 4. The molecule has 1 atom stereocenters. The molecule has 308 valence electrons. The van der Waals surface area contributed by atoms with Gasteiger partial charge in [0, 0.05) is 30.0 Å². The van der Waals surface area contributed by atoms with Crippen molar-refractivity contribution in [3.63, 3.8) is 0 Å². The summed E-state index contributed by atoms with van der Waals surface area (Å²) in [6, 6.07) is 25.5. The summed E-state index contributed by atoms with van der Waals surface area (Å²) in [6.45, 7) is 2.71. The number of likely N-dealkylation sites (N-methyl/N-ethyl adjacent to an activating group) is 1. The molecule has 1 heterocycles. The lowest BCUT2D eigenvalue weighted by Crippen LogP contribution is -2.42. The Bertz CT molecular complexity index is 2160. The maximum absolute atomic E-state index is 13.8. The Kier molecular flexibility index (Phi) is 16.0. The second-order valence-corrected chi connectivity index (χ2v) is 15.8. The Hall–Kier alpha value is -4.85. The van der Waals surface area contributed by atoms with Gasteiger partial charge in [0.1, 0.15) is 0 Å². The van der Waals surface area contributed by atoms with E-state index in [4.69, 9.17) is 43.6 Å². The fourth-order valence-electron chi connectivity index (χ4n) is 6.86. The van der Waals surface area contributed by atoms with Gasteiger partial charge in [0.15, 0.2) is 5.60 Å². The number of carboxylic acid groups (broad SMARTS) is 3. The first-order chi connectivity index (χ1) is 27.3. The third kappa shape index (κ3) is 12.8. The number of rotatable bonds is 14. The number of aliphatic carboxylic acids is 3. The first kappa shape index (κ1) is 45.8. The van der Waals surface area contributed by atoms with Crippen LogP contribution in [0.1, 0.15) is 71.0 Å². The highest BCUT2D eigenvalue weighted by Gasteiger charge is 2.41. The second-order valence-electron chi connectivity index (χ2n) is 13.9. The van der Waals surface area contributed by atoms with Gasteiger partial charge < -0.3 is 30.2 Å². The number of halogens is 5. The van der Waals surface area contributed by atoms with Crippen LogP contribution in [-0.2, 0) is 14.4 Å². The van der Waals surface area contributed by atoms with Crippen molar-refractivity contribution in [3.8, 4) is 6.07 Å². The maximum Gasteiger partial charge on any atom is 0.446 e. The van der Waals surface area contributed by atoms with E-state index in [1.807, 2.05) is 42.5 Å². The molecule has 1 amide bonds. The highest BCUT2D eigenvalue weighted by atomic mass is 35.5. The third-order valence-corrected chi connectivity index (χ3v) is 11.3. The van der Waals surface area contributed by atoms with Crippen LogP contribution in [0.4, 0.5) is 13.2 Å². The highest BCUT2D eigenvalue weighted by molar-refractivity contribution is 8.00. The first-order valence-corrected chi connectivity index (χ1v) is 19.5. The van der Waals surface area contributed by atoms with Gasteiger partial charge in [0.25, 0.3) is 5.91 Å². The predicted octanol–water partition coefficient (Wildman–Crippen LogP) is 8.51. The SMILES string of the molecule is CN(CC(CCN1CCC(c2ccccc2SC(F)(F)F)CC1)c1ccc(Cl)c(Cl)c1)C(=O)c1cc(C#N)cc2ccccc12.O=C(O)CC(O)(CC(=O)O)C(=O)O. The summed E-state index contributed by atoms with van der Waals surface area (Å²) in [7, 11) is 1.77. The average molecular weight is 863 g/mol. The minimum Gasteiger partial charge on any atom is -0.481 e. The van der Waals surface area contributed by atoms with Crippen LogP contribution >= 0.6 is 35.0 Å². The normalized spacial score (nSPS) is 14.2. The summed E-state index contributed by atoms with van der Waals surface area (Å²) in [4.78, 5) is 48.6. The molecule has 0 saturated carbocycles. The number of nitrogens with zero attached hydrogens (tertiary/aromatic N) is 3. The number of likely N-dealkylation sites (tertiary alicyclic amines) is 1. The van der Waals surface area contributed by atoms with Crippen molar-refractivity contribution in [2.24, 2.45) is 0 Å². The van der Waals surface area contributed by atoms with Crippen molar-refractivity contribution < 1.29 is 52.8 Å². The molecule has 11 nitrogen and oxygen atoms in total. The van der Waals surface area contributed by atoms with E-state index in [9.17, 15) is 37.6 Å². The number of nitriles is 1. The number of carboxylic acids is 3. The smallest absolute Gasteiger partial charge is 0.446 e. The maximum atomic E-state index is 13.8. The molecule has 1 saturated heterocycles. The van der Waals surface area contributed by atoms with Crippen LogP contribution in [0.25, 0.3) is 10.8 Å². The summed E-state index contributed by atoms with van der Waals surface area (Å²) in [5.74, 6) is -5.18. The number of fused-ring (bicyclic) bond motifs is 1. The fourth-order valence-corrected chi connectivity index (χ4v) is 7.91. The molecule has 0 aromatic heterocycles. The van der Waals surface area contributed by atoms with Crippen molar-refractivity contribution in [1.29, 1.82) is 5.26 Å². The van der Waals surface area contributed by atoms with Gasteiger partial charge in [-0.3, -0.25) is 14.4 Å². The van der Waals surface area contributed by atoms with Crippen molar-refractivity contribution in [2.75, 3.05) is 33.2 Å². The Morgan fingerprint density at radius 2 is 1.53 bits per heavy atom. The van der Waals surface area contributed by atoms with Crippen LogP contribution in [-0.4, -0.2) is 98.4 Å². The first-order valence-electron chi connectivity index (χ1n) is 17.9. The fraction of sp³-hybridized carbons (Fsp3) is 0.341. The largest absolute Gasteiger partial charge is 0.481 e. The van der Waals surface area contributed by atoms with Crippen molar-refractivity contribution in [3.05, 3.63) is 111 Å². The molecule has 5 rings (SSSR count). The van der Waals surface area contributed by atoms with Crippen molar-refractivity contribution in [1.82, 2.24) is 9.80 Å². The molecule has 58 heavy (non-hydrogen) atoms. The molecule has 1 aliphatic rings. The number of amides is 1. The molecule has 4 aromatic rings. The number of carbonyl (C=O) groups excluding carboxylic acids is 1. The van der Waals surface area contributed by atoms with Gasteiger partial charge in [-0.25, -0.2) is 4.79 Å². The van der Waals surface area contributed by atoms with Crippen LogP contribution in [0.5, 0.6) is 0 Å². The Balaban J connectivity index is 0.000000492. The number of thioether (sulfide) groups is 1. The van der Waals surface area contributed by atoms with E-state index in [1.54, 1.807) is 48.3 Å². The number of carbonyl (C=O) groups is 4. The molecular formula is C41H40Cl2F3N3O8S. The van der Waals surface area contributed by atoms with Crippen molar-refractivity contribution in [2.45, 2.75) is 59.9 Å². The summed E-state index contributed by atoms with van der Waals surface area (Å²) >= 11 is 12.6. The Morgan fingerprint density at radius 1 is 0.914 bits per heavy atom. The zero-order chi connectivity index (χ0) is 42.8. The van der Waals surface area contributed by atoms with Gasteiger partial charge in [0.2, 0.25) is 0 Å². The van der Waals surface area contributed by atoms with E-state index in [0.29, 0.717) is 27.7 Å². The molecule has 1 unspecified atom stereocenters. The summed E-state index contributed by atoms with van der Waals surface area (Å²) in [5, 5.41) is 45.9. The standard InChI is InChI=1S/C35H32Cl2F3N3OS.C6H8O7/c1-42(34(44)30-19-23(21-41)18-26-6-2-3-7-28(26)30)22-27(25-10-11-31(36)32(37)20-25)14-17-43-15-12-24(13-16-43)29-8-4-5-9-33(29)45-35(38,39)40;7-3(8)1-6(13,5(11)12)2-4(9)10/h2-11,18-20,24,27H,12-17,22H2,1H3;13H,1-2H2,(H,7,8)(H,9,10)(H,11,12). The van der Waals surface area contributed by atoms with Crippen molar-refractivity contribution >= 4 is 69.6 Å². The monoisotopic (exact) mass is 861 g/mol. The van der Waals surface area contributed by atoms with Gasteiger partial charge in [-0.1, -0.05) is 71.7 Å². The zero-order valence-electron chi connectivity index (χ0n) is 31.1. The lowest BCUT2D eigenvalue weighted by Gasteiger charge is -2.34. The van der Waals surface area contributed by atoms with Crippen LogP contribution in [0, 0.1) is 11.3 Å². The van der Waals surface area contributed by atoms with Gasteiger partial charge in [0.05, 0.1) is 34.5 Å². The number of piperidine rings is 1. The van der Waals surface area contributed by atoms with E-state index in [2.05, 4.69) is 11.0 Å². The molecule has 1 fully saturated rings. The molecule has 1 aliphatic heterocycles. The quantitative estimate of drug-likeness (QED) is 0.0894. The topological polar surface area (TPSA) is 179 Å². The second kappa shape index (κ2) is 20.2. The minimum absolute atomic E-state index is 0.0374. The molecular weight excluding hydrogens is 822 g/mol. The number of aliphatic hydroxyl groups is 1. The van der Waals surface area contributed by atoms with Gasteiger partial charge in [-0.2, -0.15) is 18.4 Å². The van der Waals surface area contributed by atoms with Gasteiger partial charge >= 0.3 is 23.4 Å². The molecule has 0 radical (unpaired) electrons. The summed E-state index contributed by atoms with van der Waals surface area (Å²) < 4.78 is 39.5. The lowest BCUT2D eigenvalue weighted by atomic mass is 9.88. The Morgan fingerprint density at radius 3 is 2.12 bits per heavy atom. The molecule has 0 bridgehead atoms. The van der Waals surface area contributed by atoms with E-state index >= 15 is 0 Å². The van der Waals surface area contributed by atoms with E-state index in [0.717, 1.165) is 60.8 Å². The highest BCUT2D eigenvalue weighted by Crippen LogP contribution is 2.42. The summed E-state index contributed by atoms with van der Waals surface area (Å²) in [5.41, 5.74) is -4.43. The average Bonchev–Trinajstić information content (AvgIpc) is 3.16. The van der Waals surface area contributed by atoms with Gasteiger partial charge in [-0.05, 0) is 109 Å². The van der Waals surface area contributed by atoms with Crippen LogP contribution in [0.3, 0.4) is 0 Å². The van der Waals surface area contributed by atoms with E-state index in [-0.39, 0.29) is 34.4 Å². The number of hydrogen-bond acceptors (Lipinski definition) is 8.